The number of carbonyl (C=O) groups excluding carboxylic acids is 2. The maximum absolute atomic E-state index is 12.8. The quantitative estimate of drug-likeness (QED) is 0.177. The molecule has 2 amide bonds. The van der Waals surface area contributed by atoms with Crippen molar-refractivity contribution >= 4 is 85.8 Å². The van der Waals surface area contributed by atoms with Crippen LogP contribution in [-0.4, -0.2) is 29.2 Å². The van der Waals surface area contributed by atoms with Gasteiger partial charge in [-0.25, -0.2) is 0 Å². The highest BCUT2D eigenvalue weighted by Crippen LogP contribution is 2.35. The molecule has 1 heterocycles. The Morgan fingerprint density at radius 1 is 0.971 bits per heavy atom. The predicted octanol–water partition coefficient (Wildman–Crippen LogP) is 7.55. The molecular weight excluding hydrogens is 712 g/mol. The summed E-state index contributed by atoms with van der Waals surface area (Å²) in [5.41, 5.74) is 2.99. The van der Waals surface area contributed by atoms with E-state index in [9.17, 15) is 9.59 Å². The molecule has 1 aliphatic heterocycles. The molecule has 0 unspecified atom stereocenters. The number of imide groups is 1. The highest BCUT2D eigenvalue weighted by atomic mass is 127. The third-order valence-electron chi connectivity index (χ3n) is 5.09. The lowest BCUT2D eigenvalue weighted by Crippen LogP contribution is -2.32. The topological polar surface area (TPSA) is 55.8 Å². The Labute approximate surface area is 240 Å². The van der Waals surface area contributed by atoms with E-state index in [1.54, 1.807) is 6.08 Å². The molecule has 5 nitrogen and oxygen atoms in total. The number of amides is 2. The molecule has 0 atom stereocenters. The summed E-state index contributed by atoms with van der Waals surface area (Å²) in [4.78, 5) is 26.9. The zero-order valence-corrected chi connectivity index (χ0v) is 24.5. The summed E-state index contributed by atoms with van der Waals surface area (Å²) in [5.74, 6) is 1.18. The van der Waals surface area contributed by atoms with E-state index in [2.05, 4.69) is 45.2 Å². The van der Waals surface area contributed by atoms with Crippen molar-refractivity contribution in [1.82, 2.24) is 4.90 Å². The zero-order chi connectivity index (χ0) is 24.9. The fraction of sp³-hybridized carbons (Fsp3) is 0.154. The molecule has 0 spiro atoms. The molecule has 35 heavy (non-hydrogen) atoms. The highest BCUT2D eigenvalue weighted by molar-refractivity contribution is 14.1. The van der Waals surface area contributed by atoms with Crippen molar-refractivity contribution in [2.75, 3.05) is 13.2 Å². The normalized spacial score (nSPS) is 14.6. The van der Waals surface area contributed by atoms with E-state index in [0.717, 1.165) is 41.3 Å². The second-order valence-electron chi connectivity index (χ2n) is 7.72. The summed E-state index contributed by atoms with van der Waals surface area (Å²) in [6, 6.07) is 19.1. The molecule has 0 N–H and O–H groups in total. The largest absolute Gasteiger partial charge is 0.492 e. The van der Waals surface area contributed by atoms with Crippen LogP contribution in [0.25, 0.3) is 6.08 Å². The molecule has 0 aliphatic carbocycles. The minimum absolute atomic E-state index is 0.197. The molecular formula is C26H20ClI2NO4S. The second-order valence-corrected chi connectivity index (χ2v) is 11.5. The smallest absolute Gasteiger partial charge is 0.293 e. The number of carbonyl (C=O) groups is 2. The lowest BCUT2D eigenvalue weighted by atomic mass is 10.2. The van der Waals surface area contributed by atoms with E-state index in [1.165, 1.54) is 4.90 Å². The standard InChI is InChI=1S/C26H20ClI2NO4S/c1-16-2-8-20(9-3-16)33-11-10-30-25(31)23(35-26(30)32)14-18-12-21(28)24(22(29)13-18)34-15-17-4-6-19(27)7-5-17/h2-9,12-14H,10-11,15H2,1H3/b23-14-. The SMILES string of the molecule is Cc1ccc(OCCN2C(=O)S/C(=C\c3cc(I)c(OCc4ccc(Cl)cc4)c(I)c3)C2=O)cc1. The van der Waals surface area contributed by atoms with Gasteiger partial charge in [0, 0.05) is 5.02 Å². The first-order chi connectivity index (χ1) is 16.8. The Morgan fingerprint density at radius 2 is 1.63 bits per heavy atom. The van der Waals surface area contributed by atoms with E-state index < -0.39 is 0 Å². The molecule has 0 saturated carbocycles. The third kappa shape index (κ3) is 6.93. The van der Waals surface area contributed by atoms with E-state index in [0.29, 0.717) is 22.3 Å². The number of rotatable bonds is 8. The van der Waals surface area contributed by atoms with Gasteiger partial charge in [-0.15, -0.1) is 0 Å². The van der Waals surface area contributed by atoms with Gasteiger partial charge in [-0.1, -0.05) is 41.4 Å². The van der Waals surface area contributed by atoms with Gasteiger partial charge in [0.2, 0.25) is 0 Å². The Balaban J connectivity index is 1.40. The van der Waals surface area contributed by atoms with Crippen molar-refractivity contribution in [3.05, 3.63) is 94.4 Å². The van der Waals surface area contributed by atoms with Gasteiger partial charge in [0.25, 0.3) is 11.1 Å². The average Bonchev–Trinajstić information content (AvgIpc) is 3.08. The van der Waals surface area contributed by atoms with Crippen molar-refractivity contribution in [2.45, 2.75) is 13.5 Å². The van der Waals surface area contributed by atoms with Crippen LogP contribution in [0.5, 0.6) is 11.5 Å². The fourth-order valence-corrected chi connectivity index (χ4v) is 6.39. The van der Waals surface area contributed by atoms with Gasteiger partial charge >= 0.3 is 0 Å². The Bertz CT molecular complexity index is 1260. The molecule has 3 aromatic carbocycles. The summed E-state index contributed by atoms with van der Waals surface area (Å²) in [7, 11) is 0. The summed E-state index contributed by atoms with van der Waals surface area (Å²) in [6.07, 6.45) is 1.75. The molecule has 180 valence electrons. The van der Waals surface area contributed by atoms with E-state index in [4.69, 9.17) is 21.1 Å². The number of nitrogens with zero attached hydrogens (tertiary/aromatic N) is 1. The van der Waals surface area contributed by atoms with Gasteiger partial charge in [0.15, 0.2) is 0 Å². The zero-order valence-electron chi connectivity index (χ0n) is 18.6. The minimum atomic E-state index is -0.305. The van der Waals surface area contributed by atoms with Gasteiger partial charge in [0.05, 0.1) is 18.6 Å². The molecule has 1 saturated heterocycles. The summed E-state index contributed by atoms with van der Waals surface area (Å²) < 4.78 is 13.5. The fourth-order valence-electron chi connectivity index (χ4n) is 3.27. The van der Waals surface area contributed by atoms with Crippen molar-refractivity contribution in [2.24, 2.45) is 0 Å². The molecule has 1 fully saturated rings. The van der Waals surface area contributed by atoms with Crippen molar-refractivity contribution in [3.63, 3.8) is 0 Å². The minimum Gasteiger partial charge on any atom is -0.492 e. The Kier molecular flexibility index (Phi) is 9.01. The first-order valence-electron chi connectivity index (χ1n) is 10.6. The van der Waals surface area contributed by atoms with E-state index in [-0.39, 0.29) is 24.3 Å². The molecule has 0 bridgehead atoms. The molecule has 0 aromatic heterocycles. The van der Waals surface area contributed by atoms with Crippen molar-refractivity contribution in [3.8, 4) is 11.5 Å². The van der Waals surface area contributed by atoms with Crippen LogP contribution in [-0.2, 0) is 11.4 Å². The van der Waals surface area contributed by atoms with Gasteiger partial charge in [-0.2, -0.15) is 0 Å². The number of halogens is 3. The number of aryl methyl sites for hydroxylation is 1. The van der Waals surface area contributed by atoms with Crippen LogP contribution in [0.4, 0.5) is 4.79 Å². The van der Waals surface area contributed by atoms with E-state index in [1.807, 2.05) is 67.6 Å². The first kappa shape index (κ1) is 26.3. The second kappa shape index (κ2) is 12.0. The van der Waals surface area contributed by atoms with Gasteiger partial charge in [-0.3, -0.25) is 14.5 Å². The van der Waals surface area contributed by atoms with Gasteiger partial charge in [0.1, 0.15) is 24.7 Å². The number of hydrogen-bond donors (Lipinski definition) is 0. The highest BCUT2D eigenvalue weighted by Gasteiger charge is 2.34. The summed E-state index contributed by atoms with van der Waals surface area (Å²) >= 11 is 11.3. The first-order valence-corrected chi connectivity index (χ1v) is 14.0. The summed E-state index contributed by atoms with van der Waals surface area (Å²) in [5, 5.41) is 0.395. The number of hydrogen-bond acceptors (Lipinski definition) is 5. The maximum atomic E-state index is 12.8. The Hall–Kier alpha value is -1.76. The molecule has 9 heteroatoms. The van der Waals surface area contributed by atoms with Crippen LogP contribution in [0.3, 0.4) is 0 Å². The average molecular weight is 732 g/mol. The van der Waals surface area contributed by atoms with Crippen LogP contribution >= 0.6 is 68.5 Å². The van der Waals surface area contributed by atoms with Crippen LogP contribution in [0, 0.1) is 14.1 Å². The summed E-state index contributed by atoms with van der Waals surface area (Å²) in [6.45, 7) is 2.86. The molecule has 4 rings (SSSR count). The van der Waals surface area contributed by atoms with Crippen LogP contribution < -0.4 is 9.47 Å². The molecule has 3 aromatic rings. The van der Waals surface area contributed by atoms with Crippen molar-refractivity contribution in [1.29, 1.82) is 0 Å². The maximum Gasteiger partial charge on any atom is 0.293 e. The lowest BCUT2D eigenvalue weighted by molar-refractivity contribution is -0.123. The lowest BCUT2D eigenvalue weighted by Gasteiger charge is -2.13. The van der Waals surface area contributed by atoms with Crippen LogP contribution in [0.2, 0.25) is 5.02 Å². The van der Waals surface area contributed by atoms with Gasteiger partial charge < -0.3 is 9.47 Å². The molecule has 0 radical (unpaired) electrons. The van der Waals surface area contributed by atoms with Crippen molar-refractivity contribution < 1.29 is 19.1 Å². The molecule has 1 aliphatic rings. The third-order valence-corrected chi connectivity index (χ3v) is 7.85. The number of ether oxygens (including phenoxy) is 2. The predicted molar refractivity (Wildman–Crippen MR) is 157 cm³/mol. The van der Waals surface area contributed by atoms with Gasteiger partial charge in [-0.05, 0) is 117 Å². The number of benzene rings is 3. The monoisotopic (exact) mass is 731 g/mol. The van der Waals surface area contributed by atoms with Crippen LogP contribution in [0.1, 0.15) is 16.7 Å². The number of thioether (sulfide) groups is 1. The Morgan fingerprint density at radius 3 is 2.29 bits per heavy atom. The van der Waals surface area contributed by atoms with E-state index >= 15 is 0 Å². The van der Waals surface area contributed by atoms with Crippen LogP contribution in [0.15, 0.2) is 65.6 Å².